The molecule has 0 aromatic rings. The predicted molar refractivity (Wildman–Crippen MR) is 66.4 cm³/mol. The van der Waals surface area contributed by atoms with E-state index in [1.54, 1.807) is 0 Å². The molecule has 2 fully saturated rings. The summed E-state index contributed by atoms with van der Waals surface area (Å²) in [5.41, 5.74) is 5.84. The van der Waals surface area contributed by atoms with Gasteiger partial charge in [0.15, 0.2) is 0 Å². The summed E-state index contributed by atoms with van der Waals surface area (Å²) in [5.74, 6) is 0.770. The summed E-state index contributed by atoms with van der Waals surface area (Å²) in [6, 6.07) is 0. The van der Waals surface area contributed by atoms with Gasteiger partial charge in [0.2, 0.25) is 5.91 Å². The Kier molecular flexibility index (Phi) is 3.46. The molecule has 1 saturated carbocycles. The molecule has 1 atom stereocenters. The number of carbonyl (C=O) groups is 1. The van der Waals surface area contributed by atoms with Gasteiger partial charge in [-0.1, -0.05) is 13.8 Å². The second-order valence-electron chi connectivity index (χ2n) is 6.20. The Hall–Kier alpha value is -0.610. The number of nitrogens with one attached hydrogen (secondary N) is 1. The minimum atomic E-state index is -0.378. The Bertz CT molecular complexity index is 296. The zero-order valence-corrected chi connectivity index (χ0v) is 10.9. The van der Waals surface area contributed by atoms with Crippen LogP contribution < -0.4 is 11.1 Å². The zero-order chi connectivity index (χ0) is 12.5. The van der Waals surface area contributed by atoms with Crippen molar-refractivity contribution in [3.8, 4) is 0 Å². The van der Waals surface area contributed by atoms with Crippen molar-refractivity contribution in [2.75, 3.05) is 26.3 Å². The molecule has 2 rings (SSSR count). The number of carbonyl (C=O) groups excluding carboxylic acids is 1. The van der Waals surface area contributed by atoms with E-state index in [1.807, 2.05) is 0 Å². The normalized spacial score (nSPS) is 29.7. The first-order chi connectivity index (χ1) is 8.00. The van der Waals surface area contributed by atoms with Crippen LogP contribution in [0, 0.1) is 16.7 Å². The molecule has 1 saturated heterocycles. The van der Waals surface area contributed by atoms with Gasteiger partial charge in [-0.15, -0.1) is 0 Å². The van der Waals surface area contributed by atoms with Gasteiger partial charge < -0.3 is 15.8 Å². The van der Waals surface area contributed by atoms with E-state index in [0.717, 1.165) is 19.4 Å². The minimum absolute atomic E-state index is 0.131. The molecule has 4 heteroatoms. The van der Waals surface area contributed by atoms with E-state index in [1.165, 1.54) is 6.42 Å². The van der Waals surface area contributed by atoms with Crippen molar-refractivity contribution < 1.29 is 9.53 Å². The molecule has 98 valence electrons. The summed E-state index contributed by atoms with van der Waals surface area (Å²) in [6.07, 6.45) is 2.72. The minimum Gasteiger partial charge on any atom is -0.381 e. The van der Waals surface area contributed by atoms with Crippen LogP contribution >= 0.6 is 0 Å². The first-order valence-electron chi connectivity index (χ1n) is 6.56. The third kappa shape index (κ3) is 2.63. The first-order valence-corrected chi connectivity index (χ1v) is 6.56. The van der Waals surface area contributed by atoms with Gasteiger partial charge in [0, 0.05) is 26.3 Å². The molecule has 1 amide bonds. The summed E-state index contributed by atoms with van der Waals surface area (Å²) in [7, 11) is 0. The number of amides is 1. The van der Waals surface area contributed by atoms with E-state index in [2.05, 4.69) is 19.2 Å². The molecule has 17 heavy (non-hydrogen) atoms. The monoisotopic (exact) mass is 240 g/mol. The van der Waals surface area contributed by atoms with Crippen LogP contribution in [-0.4, -0.2) is 32.2 Å². The van der Waals surface area contributed by atoms with Gasteiger partial charge in [-0.25, -0.2) is 0 Å². The summed E-state index contributed by atoms with van der Waals surface area (Å²) in [6.45, 7) is 7.03. The Labute approximate surface area is 103 Å². The lowest BCUT2D eigenvalue weighted by atomic mass is 9.79. The fourth-order valence-electron chi connectivity index (χ4n) is 2.61. The molecule has 2 aliphatic rings. The van der Waals surface area contributed by atoms with Crippen LogP contribution in [0.5, 0.6) is 0 Å². The molecular formula is C13H24N2O2. The molecule has 1 heterocycles. The van der Waals surface area contributed by atoms with E-state index in [0.29, 0.717) is 31.1 Å². The first kappa shape index (κ1) is 12.8. The van der Waals surface area contributed by atoms with Gasteiger partial charge in [-0.3, -0.25) is 4.79 Å². The van der Waals surface area contributed by atoms with Crippen LogP contribution in [0.15, 0.2) is 0 Å². The molecule has 1 unspecified atom stereocenters. The van der Waals surface area contributed by atoms with Crippen molar-refractivity contribution in [3.05, 3.63) is 0 Å². The fourth-order valence-corrected chi connectivity index (χ4v) is 2.61. The quantitative estimate of drug-likeness (QED) is 0.767. The highest BCUT2D eigenvalue weighted by atomic mass is 16.5. The number of hydrogen-bond acceptors (Lipinski definition) is 3. The van der Waals surface area contributed by atoms with Crippen LogP contribution in [0.25, 0.3) is 0 Å². The molecule has 0 bridgehead atoms. The van der Waals surface area contributed by atoms with E-state index < -0.39 is 0 Å². The third-order valence-electron chi connectivity index (χ3n) is 4.55. The Morgan fingerprint density at radius 1 is 1.41 bits per heavy atom. The lowest BCUT2D eigenvalue weighted by Gasteiger charge is -2.34. The molecule has 4 nitrogen and oxygen atoms in total. The van der Waals surface area contributed by atoms with Crippen molar-refractivity contribution in [1.82, 2.24) is 5.32 Å². The molecular weight excluding hydrogens is 216 g/mol. The molecule has 1 aliphatic heterocycles. The summed E-state index contributed by atoms with van der Waals surface area (Å²) in [4.78, 5) is 12.2. The average Bonchev–Trinajstić information content (AvgIpc) is 2.95. The maximum Gasteiger partial charge on any atom is 0.227 e. The van der Waals surface area contributed by atoms with E-state index in [4.69, 9.17) is 10.5 Å². The fraction of sp³-hybridized carbons (Fsp3) is 0.923. The van der Waals surface area contributed by atoms with Gasteiger partial charge in [0.25, 0.3) is 0 Å². The highest BCUT2D eigenvalue weighted by Gasteiger charge is 2.46. The van der Waals surface area contributed by atoms with Crippen molar-refractivity contribution in [2.24, 2.45) is 22.5 Å². The van der Waals surface area contributed by atoms with Crippen LogP contribution in [0.2, 0.25) is 0 Å². The summed E-state index contributed by atoms with van der Waals surface area (Å²) >= 11 is 0. The molecule has 0 aromatic heterocycles. The predicted octanol–water partition coefficient (Wildman–Crippen LogP) is 0.904. The average molecular weight is 240 g/mol. The molecule has 0 radical (unpaired) electrons. The van der Waals surface area contributed by atoms with E-state index in [-0.39, 0.29) is 11.3 Å². The number of rotatable bonds is 4. The number of ether oxygens (including phenoxy) is 1. The second-order valence-corrected chi connectivity index (χ2v) is 6.20. The van der Waals surface area contributed by atoms with Gasteiger partial charge >= 0.3 is 0 Å². The number of hydrogen-bond donors (Lipinski definition) is 2. The second kappa shape index (κ2) is 4.58. The molecule has 1 aliphatic carbocycles. The summed E-state index contributed by atoms with van der Waals surface area (Å²) < 4.78 is 5.31. The maximum atomic E-state index is 12.2. The van der Waals surface area contributed by atoms with Crippen molar-refractivity contribution in [1.29, 1.82) is 0 Å². The van der Waals surface area contributed by atoms with Crippen molar-refractivity contribution >= 4 is 5.91 Å². The van der Waals surface area contributed by atoms with Crippen molar-refractivity contribution in [3.63, 3.8) is 0 Å². The van der Waals surface area contributed by atoms with Gasteiger partial charge in [0.05, 0.1) is 5.41 Å². The van der Waals surface area contributed by atoms with E-state index >= 15 is 0 Å². The zero-order valence-electron chi connectivity index (χ0n) is 10.9. The van der Waals surface area contributed by atoms with Crippen LogP contribution in [0.4, 0.5) is 0 Å². The maximum absolute atomic E-state index is 12.2. The van der Waals surface area contributed by atoms with Crippen LogP contribution in [-0.2, 0) is 9.53 Å². The molecule has 0 aromatic carbocycles. The van der Waals surface area contributed by atoms with Crippen molar-refractivity contribution in [2.45, 2.75) is 33.1 Å². The Morgan fingerprint density at radius 3 is 2.47 bits per heavy atom. The highest BCUT2D eigenvalue weighted by Crippen LogP contribution is 2.51. The van der Waals surface area contributed by atoms with Crippen LogP contribution in [0.1, 0.15) is 33.1 Å². The highest BCUT2D eigenvalue weighted by molar-refractivity contribution is 5.83. The smallest absolute Gasteiger partial charge is 0.227 e. The largest absolute Gasteiger partial charge is 0.381 e. The van der Waals surface area contributed by atoms with Gasteiger partial charge in [-0.05, 0) is 30.6 Å². The lowest BCUT2D eigenvalue weighted by molar-refractivity contribution is -0.136. The SMILES string of the molecule is CC1(C)CC1CNC(=O)C1(CN)CCOCC1. The molecule has 3 N–H and O–H groups in total. The standard InChI is InChI=1S/C13H24N2O2/c1-12(2)7-10(12)8-15-11(16)13(9-14)3-5-17-6-4-13/h10H,3-9,14H2,1-2H3,(H,15,16). The molecule has 0 spiro atoms. The third-order valence-corrected chi connectivity index (χ3v) is 4.55. The Balaban J connectivity index is 1.85. The van der Waals surface area contributed by atoms with Gasteiger partial charge in [0.1, 0.15) is 0 Å². The van der Waals surface area contributed by atoms with E-state index in [9.17, 15) is 4.79 Å². The Morgan fingerprint density at radius 2 is 2.00 bits per heavy atom. The summed E-state index contributed by atoms with van der Waals surface area (Å²) in [5, 5.41) is 3.09. The van der Waals surface area contributed by atoms with Gasteiger partial charge in [-0.2, -0.15) is 0 Å². The lowest BCUT2D eigenvalue weighted by Crippen LogP contribution is -2.49. The topological polar surface area (TPSA) is 64.4 Å². The van der Waals surface area contributed by atoms with Crippen LogP contribution in [0.3, 0.4) is 0 Å². The number of nitrogens with two attached hydrogens (primary N) is 1.